The topological polar surface area (TPSA) is 63.2 Å². The van der Waals surface area contributed by atoms with Gasteiger partial charge in [-0.3, -0.25) is 4.79 Å². The quantitative estimate of drug-likeness (QED) is 0.838. The van der Waals surface area contributed by atoms with Crippen molar-refractivity contribution in [1.82, 2.24) is 5.32 Å². The monoisotopic (exact) mass is 265 g/mol. The Morgan fingerprint density at radius 3 is 2.94 bits per heavy atom. The first-order valence-corrected chi connectivity index (χ1v) is 7.44. The minimum Gasteiger partial charge on any atom is -0.349 e. The van der Waals surface area contributed by atoms with Crippen LogP contribution in [0.4, 0.5) is 0 Å². The van der Waals surface area contributed by atoms with Crippen molar-refractivity contribution >= 4 is 15.7 Å². The number of rotatable bonds is 3. The van der Waals surface area contributed by atoms with Gasteiger partial charge in [-0.05, 0) is 36.6 Å². The Labute approximate surface area is 107 Å². The lowest BCUT2D eigenvalue weighted by Crippen LogP contribution is -2.24. The molecule has 0 spiro atoms. The van der Waals surface area contributed by atoms with E-state index < -0.39 is 9.84 Å². The Morgan fingerprint density at radius 2 is 2.22 bits per heavy atom. The number of hydrogen-bond donors (Lipinski definition) is 1. The zero-order chi connectivity index (χ0) is 13.2. The molecular formula is C13H15NO3S. The molecule has 0 aliphatic carbocycles. The fourth-order valence-corrected chi connectivity index (χ4v) is 3.63. The van der Waals surface area contributed by atoms with E-state index in [4.69, 9.17) is 0 Å². The molecule has 1 N–H and O–H groups in total. The Morgan fingerprint density at radius 1 is 1.44 bits per heavy atom. The summed E-state index contributed by atoms with van der Waals surface area (Å²) >= 11 is 0. The van der Waals surface area contributed by atoms with Gasteiger partial charge in [-0.2, -0.15) is 0 Å². The van der Waals surface area contributed by atoms with Gasteiger partial charge >= 0.3 is 0 Å². The van der Waals surface area contributed by atoms with Crippen LogP contribution in [0, 0.1) is 0 Å². The number of amides is 1. The second kappa shape index (κ2) is 4.94. The number of carbonyl (C=O) groups is 1. The van der Waals surface area contributed by atoms with Gasteiger partial charge in [0.15, 0.2) is 9.84 Å². The number of benzene rings is 1. The molecule has 0 atom stereocenters. The highest BCUT2D eigenvalue weighted by molar-refractivity contribution is 7.91. The van der Waals surface area contributed by atoms with E-state index in [-0.39, 0.29) is 11.7 Å². The van der Waals surface area contributed by atoms with Gasteiger partial charge in [-0.15, -0.1) is 6.58 Å². The predicted molar refractivity (Wildman–Crippen MR) is 69.3 cm³/mol. The van der Waals surface area contributed by atoms with Crippen LogP contribution in [0.2, 0.25) is 0 Å². The van der Waals surface area contributed by atoms with Crippen LogP contribution in [-0.2, 0) is 16.3 Å². The maximum Gasteiger partial charge on any atom is 0.251 e. The van der Waals surface area contributed by atoms with Gasteiger partial charge in [0.05, 0.1) is 10.6 Å². The van der Waals surface area contributed by atoms with E-state index >= 15 is 0 Å². The van der Waals surface area contributed by atoms with Crippen LogP contribution in [0.15, 0.2) is 35.7 Å². The van der Waals surface area contributed by atoms with Crippen molar-refractivity contribution in [2.75, 3.05) is 12.3 Å². The van der Waals surface area contributed by atoms with Gasteiger partial charge in [0.25, 0.3) is 5.91 Å². The fraction of sp³-hybridized carbons (Fsp3) is 0.308. The standard InChI is InChI=1S/C13H15NO3S/c1-2-7-14-13(15)11-5-6-12-10(9-11)4-3-8-18(12,16)17/h2,5-6,9H,1,3-4,7-8H2,(H,14,15). The third-order valence-electron chi connectivity index (χ3n) is 2.92. The van der Waals surface area contributed by atoms with E-state index in [1.165, 1.54) is 6.07 Å². The van der Waals surface area contributed by atoms with E-state index in [1.807, 2.05) is 0 Å². The molecule has 4 nitrogen and oxygen atoms in total. The zero-order valence-electron chi connectivity index (χ0n) is 9.98. The largest absolute Gasteiger partial charge is 0.349 e. The summed E-state index contributed by atoms with van der Waals surface area (Å²) < 4.78 is 23.6. The third kappa shape index (κ3) is 2.46. The van der Waals surface area contributed by atoms with Crippen LogP contribution in [-0.4, -0.2) is 26.6 Å². The summed E-state index contributed by atoms with van der Waals surface area (Å²) in [7, 11) is -3.15. The summed E-state index contributed by atoms with van der Waals surface area (Å²) in [5, 5.41) is 2.67. The Bertz CT molecular complexity index is 590. The van der Waals surface area contributed by atoms with E-state index in [2.05, 4.69) is 11.9 Å². The summed E-state index contributed by atoms with van der Waals surface area (Å²) in [6, 6.07) is 4.76. The number of hydrogen-bond acceptors (Lipinski definition) is 3. The van der Waals surface area contributed by atoms with Gasteiger partial charge in [0.2, 0.25) is 0 Å². The first kappa shape index (κ1) is 12.8. The van der Waals surface area contributed by atoms with E-state index in [1.54, 1.807) is 18.2 Å². The smallest absolute Gasteiger partial charge is 0.251 e. The second-order valence-corrected chi connectivity index (χ2v) is 6.32. The van der Waals surface area contributed by atoms with Gasteiger partial charge < -0.3 is 5.32 Å². The minimum atomic E-state index is -3.15. The first-order valence-electron chi connectivity index (χ1n) is 5.79. The Hall–Kier alpha value is -1.62. The number of fused-ring (bicyclic) bond motifs is 1. The minimum absolute atomic E-state index is 0.196. The average Bonchev–Trinajstić information content (AvgIpc) is 2.35. The van der Waals surface area contributed by atoms with Gasteiger partial charge in [0, 0.05) is 12.1 Å². The summed E-state index contributed by atoms with van der Waals surface area (Å²) in [5.41, 5.74) is 1.24. The lowest BCUT2D eigenvalue weighted by Gasteiger charge is -2.16. The molecule has 1 aliphatic rings. The molecule has 96 valence electrons. The summed E-state index contributed by atoms with van der Waals surface area (Å²) in [6.07, 6.45) is 2.92. The van der Waals surface area contributed by atoms with E-state index in [0.717, 1.165) is 5.56 Å². The molecule has 2 rings (SSSR count). The number of aryl methyl sites for hydroxylation is 1. The lowest BCUT2D eigenvalue weighted by atomic mass is 10.1. The average molecular weight is 265 g/mol. The molecule has 1 amide bonds. The van der Waals surface area contributed by atoms with Gasteiger partial charge in [0.1, 0.15) is 0 Å². The van der Waals surface area contributed by atoms with Crippen LogP contribution < -0.4 is 5.32 Å². The van der Waals surface area contributed by atoms with Crippen LogP contribution >= 0.6 is 0 Å². The van der Waals surface area contributed by atoms with Gasteiger partial charge in [-0.1, -0.05) is 6.08 Å². The second-order valence-electron chi connectivity index (χ2n) is 4.24. The maximum atomic E-state index is 11.8. The van der Waals surface area contributed by atoms with Crippen LogP contribution in [0.3, 0.4) is 0 Å². The molecule has 0 radical (unpaired) electrons. The van der Waals surface area contributed by atoms with Crippen molar-refractivity contribution < 1.29 is 13.2 Å². The van der Waals surface area contributed by atoms with Crippen molar-refractivity contribution in [1.29, 1.82) is 0 Å². The molecule has 0 fully saturated rings. The van der Waals surface area contributed by atoms with Gasteiger partial charge in [-0.25, -0.2) is 8.42 Å². The summed E-state index contributed by atoms with van der Waals surface area (Å²) in [5.74, 6) is -0.0113. The molecule has 1 aliphatic heterocycles. The van der Waals surface area contributed by atoms with Crippen molar-refractivity contribution in [3.63, 3.8) is 0 Å². The number of carbonyl (C=O) groups excluding carboxylic acids is 1. The molecule has 0 unspecified atom stereocenters. The molecule has 0 saturated heterocycles. The maximum absolute atomic E-state index is 11.8. The van der Waals surface area contributed by atoms with Crippen molar-refractivity contribution in [2.45, 2.75) is 17.7 Å². The number of nitrogens with one attached hydrogen (secondary N) is 1. The van der Waals surface area contributed by atoms with E-state index in [9.17, 15) is 13.2 Å². The zero-order valence-corrected chi connectivity index (χ0v) is 10.8. The van der Waals surface area contributed by atoms with Crippen molar-refractivity contribution in [3.05, 3.63) is 42.0 Å². The highest BCUT2D eigenvalue weighted by atomic mass is 32.2. The molecule has 18 heavy (non-hydrogen) atoms. The molecule has 1 aromatic rings. The van der Waals surface area contributed by atoms with Crippen LogP contribution in [0.25, 0.3) is 0 Å². The molecular weight excluding hydrogens is 250 g/mol. The Balaban J connectivity index is 2.33. The lowest BCUT2D eigenvalue weighted by molar-refractivity contribution is 0.0958. The molecule has 5 heteroatoms. The first-order chi connectivity index (χ1) is 8.54. The molecule has 0 aromatic heterocycles. The SMILES string of the molecule is C=CCNC(=O)c1ccc2c(c1)CCCS2(=O)=O. The van der Waals surface area contributed by atoms with Crippen LogP contribution in [0.5, 0.6) is 0 Å². The predicted octanol–water partition coefficient (Wildman–Crippen LogP) is 1.32. The third-order valence-corrected chi connectivity index (χ3v) is 4.82. The highest BCUT2D eigenvalue weighted by Crippen LogP contribution is 2.25. The molecule has 1 aromatic carbocycles. The Kier molecular flexibility index (Phi) is 3.52. The fourth-order valence-electron chi connectivity index (χ4n) is 2.05. The normalized spacial score (nSPS) is 16.7. The summed E-state index contributed by atoms with van der Waals surface area (Å²) in [4.78, 5) is 12.1. The highest BCUT2D eigenvalue weighted by Gasteiger charge is 2.24. The molecule has 0 saturated carbocycles. The molecule has 0 bridgehead atoms. The van der Waals surface area contributed by atoms with Crippen molar-refractivity contribution in [3.8, 4) is 0 Å². The molecule has 1 heterocycles. The van der Waals surface area contributed by atoms with E-state index in [0.29, 0.717) is 29.8 Å². The summed E-state index contributed by atoms with van der Waals surface area (Å²) in [6.45, 7) is 3.92. The van der Waals surface area contributed by atoms with Crippen LogP contribution in [0.1, 0.15) is 22.3 Å². The number of sulfone groups is 1. The van der Waals surface area contributed by atoms with Crippen molar-refractivity contribution in [2.24, 2.45) is 0 Å².